The minimum Gasteiger partial charge on any atom is -0.493 e. The second-order valence-corrected chi connectivity index (χ2v) is 6.93. The number of rotatable bonds is 6. The maximum absolute atomic E-state index is 12.8. The molecule has 1 atom stereocenters. The summed E-state index contributed by atoms with van der Waals surface area (Å²) in [6.45, 7) is 1.39. The second kappa shape index (κ2) is 8.77. The van der Waals surface area contributed by atoms with Gasteiger partial charge < -0.3 is 19.7 Å². The normalized spacial score (nSPS) is 15.7. The van der Waals surface area contributed by atoms with Gasteiger partial charge in [-0.05, 0) is 36.8 Å². The van der Waals surface area contributed by atoms with Crippen LogP contribution in [0.3, 0.4) is 0 Å². The van der Waals surface area contributed by atoms with Crippen molar-refractivity contribution in [1.29, 1.82) is 0 Å². The minimum atomic E-state index is -0.192. The van der Waals surface area contributed by atoms with Crippen LogP contribution >= 0.6 is 0 Å². The van der Waals surface area contributed by atoms with E-state index in [-0.39, 0.29) is 11.9 Å². The molecule has 1 amide bonds. The summed E-state index contributed by atoms with van der Waals surface area (Å²) in [5.41, 5.74) is 2.21. The van der Waals surface area contributed by atoms with Gasteiger partial charge in [0.15, 0.2) is 11.5 Å². The maximum atomic E-state index is 12.8. The first kappa shape index (κ1) is 19.6. The fraction of sp³-hybridized carbons (Fsp3) is 0.273. The molecule has 4 rings (SSSR count). The summed E-state index contributed by atoms with van der Waals surface area (Å²) < 4.78 is 10.7. The topological polar surface area (TPSA) is 89.5 Å². The standard InChI is InChI=1S/C22H23N5O3/c1-29-19-7-3-6-17(20(19)30-2)21(28)25-16-9-12-27(14-16)22-24-11-8-18(26-22)15-5-4-10-23-13-15/h3-8,10-11,13,16H,9,12,14H2,1-2H3,(H,25,28). The smallest absolute Gasteiger partial charge is 0.255 e. The van der Waals surface area contributed by atoms with Crippen LogP contribution in [-0.4, -0.2) is 54.2 Å². The van der Waals surface area contributed by atoms with Crippen LogP contribution in [0.5, 0.6) is 11.5 Å². The third kappa shape index (κ3) is 4.03. The first-order chi connectivity index (χ1) is 14.7. The summed E-state index contributed by atoms with van der Waals surface area (Å²) in [5, 5.41) is 3.09. The molecule has 30 heavy (non-hydrogen) atoms. The van der Waals surface area contributed by atoms with E-state index in [9.17, 15) is 4.79 Å². The highest BCUT2D eigenvalue weighted by atomic mass is 16.5. The zero-order valence-electron chi connectivity index (χ0n) is 16.9. The summed E-state index contributed by atoms with van der Waals surface area (Å²) in [6, 6.07) is 11.0. The predicted octanol–water partition coefficient (Wildman–Crippen LogP) is 2.56. The molecule has 1 aliphatic heterocycles. The average molecular weight is 405 g/mol. The molecular formula is C22H23N5O3. The summed E-state index contributed by atoms with van der Waals surface area (Å²) in [7, 11) is 3.08. The molecular weight excluding hydrogens is 382 g/mol. The molecule has 0 aliphatic carbocycles. The number of pyridine rings is 1. The highest BCUT2D eigenvalue weighted by molar-refractivity contribution is 5.98. The molecule has 154 valence electrons. The van der Waals surface area contributed by atoms with Crippen LogP contribution in [-0.2, 0) is 0 Å². The number of nitrogens with zero attached hydrogens (tertiary/aromatic N) is 4. The molecule has 1 saturated heterocycles. The van der Waals surface area contributed by atoms with E-state index in [1.165, 1.54) is 7.11 Å². The van der Waals surface area contributed by atoms with Crippen LogP contribution < -0.4 is 19.7 Å². The number of methoxy groups -OCH3 is 2. The van der Waals surface area contributed by atoms with E-state index < -0.39 is 0 Å². The van der Waals surface area contributed by atoms with Gasteiger partial charge in [-0.2, -0.15) is 0 Å². The number of aromatic nitrogens is 3. The predicted molar refractivity (Wildman–Crippen MR) is 113 cm³/mol. The molecule has 8 heteroatoms. The Morgan fingerprint density at radius 2 is 2.03 bits per heavy atom. The lowest BCUT2D eigenvalue weighted by Gasteiger charge is -2.18. The van der Waals surface area contributed by atoms with E-state index in [0.717, 1.165) is 24.2 Å². The monoisotopic (exact) mass is 405 g/mol. The fourth-order valence-corrected chi connectivity index (χ4v) is 3.56. The molecule has 1 aromatic carbocycles. The molecule has 1 aliphatic rings. The van der Waals surface area contributed by atoms with Gasteiger partial charge >= 0.3 is 0 Å². The van der Waals surface area contributed by atoms with Gasteiger partial charge in [-0.15, -0.1) is 0 Å². The fourth-order valence-electron chi connectivity index (χ4n) is 3.56. The van der Waals surface area contributed by atoms with Crippen molar-refractivity contribution in [3.05, 3.63) is 60.6 Å². The van der Waals surface area contributed by atoms with E-state index in [4.69, 9.17) is 9.47 Å². The largest absolute Gasteiger partial charge is 0.493 e. The van der Waals surface area contributed by atoms with Gasteiger partial charge in [0, 0.05) is 43.3 Å². The van der Waals surface area contributed by atoms with Gasteiger partial charge in [0.2, 0.25) is 5.95 Å². The number of hydrogen-bond donors (Lipinski definition) is 1. The SMILES string of the molecule is COc1cccc(C(=O)NC2CCN(c3nccc(-c4cccnc4)n3)C2)c1OC. The van der Waals surface area contributed by atoms with Crippen molar-refractivity contribution in [1.82, 2.24) is 20.3 Å². The molecule has 0 saturated carbocycles. The van der Waals surface area contributed by atoms with E-state index in [0.29, 0.717) is 29.6 Å². The number of amides is 1. The molecule has 8 nitrogen and oxygen atoms in total. The number of hydrogen-bond acceptors (Lipinski definition) is 7. The quantitative estimate of drug-likeness (QED) is 0.674. The number of carbonyl (C=O) groups is 1. The lowest BCUT2D eigenvalue weighted by molar-refractivity contribution is 0.0936. The zero-order chi connectivity index (χ0) is 20.9. The average Bonchev–Trinajstić information content (AvgIpc) is 3.27. The van der Waals surface area contributed by atoms with E-state index in [1.54, 1.807) is 43.9 Å². The van der Waals surface area contributed by atoms with Crippen molar-refractivity contribution in [2.24, 2.45) is 0 Å². The van der Waals surface area contributed by atoms with Crippen LogP contribution in [0.15, 0.2) is 55.0 Å². The Morgan fingerprint density at radius 1 is 1.13 bits per heavy atom. The van der Waals surface area contributed by atoms with Gasteiger partial charge in [0.25, 0.3) is 5.91 Å². The van der Waals surface area contributed by atoms with Crippen molar-refractivity contribution >= 4 is 11.9 Å². The van der Waals surface area contributed by atoms with Gasteiger partial charge in [0.05, 0.1) is 25.5 Å². The first-order valence-electron chi connectivity index (χ1n) is 9.70. The molecule has 3 aromatic rings. The summed E-state index contributed by atoms with van der Waals surface area (Å²) in [6.07, 6.45) is 6.06. The summed E-state index contributed by atoms with van der Waals surface area (Å²) in [5.74, 6) is 1.41. The number of benzene rings is 1. The van der Waals surface area contributed by atoms with Crippen molar-refractivity contribution in [2.45, 2.75) is 12.5 Å². The number of para-hydroxylation sites is 1. The Balaban J connectivity index is 1.45. The van der Waals surface area contributed by atoms with Gasteiger partial charge in [-0.3, -0.25) is 9.78 Å². The van der Waals surface area contributed by atoms with Crippen LogP contribution in [0.4, 0.5) is 5.95 Å². The van der Waals surface area contributed by atoms with Crippen molar-refractivity contribution in [2.75, 3.05) is 32.2 Å². The van der Waals surface area contributed by atoms with Crippen LogP contribution in [0.25, 0.3) is 11.3 Å². The molecule has 0 bridgehead atoms. The van der Waals surface area contributed by atoms with Crippen molar-refractivity contribution in [3.63, 3.8) is 0 Å². The van der Waals surface area contributed by atoms with Crippen molar-refractivity contribution in [3.8, 4) is 22.8 Å². The third-order valence-corrected chi connectivity index (χ3v) is 5.05. The van der Waals surface area contributed by atoms with E-state index in [2.05, 4.69) is 25.2 Å². The Morgan fingerprint density at radius 3 is 2.80 bits per heavy atom. The van der Waals surface area contributed by atoms with Crippen molar-refractivity contribution < 1.29 is 14.3 Å². The molecule has 3 heterocycles. The van der Waals surface area contributed by atoms with Gasteiger partial charge in [-0.1, -0.05) is 6.07 Å². The Bertz CT molecular complexity index is 1030. The number of nitrogens with one attached hydrogen (secondary N) is 1. The molecule has 1 unspecified atom stereocenters. The number of anilines is 1. The minimum absolute atomic E-state index is 0.0148. The van der Waals surface area contributed by atoms with E-state index >= 15 is 0 Å². The Hall–Kier alpha value is -3.68. The summed E-state index contributed by atoms with van der Waals surface area (Å²) >= 11 is 0. The molecule has 1 N–H and O–H groups in total. The molecule has 2 aromatic heterocycles. The number of ether oxygens (including phenoxy) is 2. The van der Waals surface area contributed by atoms with Gasteiger partial charge in [0.1, 0.15) is 0 Å². The summed E-state index contributed by atoms with van der Waals surface area (Å²) in [4.78, 5) is 28.1. The van der Waals surface area contributed by atoms with Crippen LogP contribution in [0, 0.1) is 0 Å². The third-order valence-electron chi connectivity index (χ3n) is 5.05. The van der Waals surface area contributed by atoms with Crippen LogP contribution in [0.2, 0.25) is 0 Å². The van der Waals surface area contributed by atoms with Crippen LogP contribution in [0.1, 0.15) is 16.8 Å². The maximum Gasteiger partial charge on any atom is 0.255 e. The molecule has 0 radical (unpaired) electrons. The highest BCUT2D eigenvalue weighted by Gasteiger charge is 2.27. The number of carbonyl (C=O) groups excluding carboxylic acids is 1. The highest BCUT2D eigenvalue weighted by Crippen LogP contribution is 2.31. The molecule has 1 fully saturated rings. The van der Waals surface area contributed by atoms with E-state index in [1.807, 2.05) is 18.2 Å². The first-order valence-corrected chi connectivity index (χ1v) is 9.70. The molecule has 0 spiro atoms. The lowest BCUT2D eigenvalue weighted by atomic mass is 10.1. The second-order valence-electron chi connectivity index (χ2n) is 6.93. The van der Waals surface area contributed by atoms with Gasteiger partial charge in [-0.25, -0.2) is 9.97 Å². The Kier molecular flexibility index (Phi) is 5.74. The zero-order valence-corrected chi connectivity index (χ0v) is 16.9. The Labute approximate surface area is 174 Å². The lowest BCUT2D eigenvalue weighted by Crippen LogP contribution is -2.37.